The number of aromatic nitrogens is 2. The molecule has 2 heterocycles. The average molecular weight is 343 g/mol. The summed E-state index contributed by atoms with van der Waals surface area (Å²) in [5.74, 6) is -1.43. The Kier molecular flexibility index (Phi) is 5.49. The molecule has 0 radical (unpaired) electrons. The third-order valence-corrected chi connectivity index (χ3v) is 3.29. The van der Waals surface area contributed by atoms with Gasteiger partial charge in [-0.3, -0.25) is 24.8 Å². The first-order valence-corrected chi connectivity index (χ1v) is 6.97. The Balaban J connectivity index is 2.40. The van der Waals surface area contributed by atoms with Crippen LogP contribution in [0.4, 0.5) is 5.82 Å². The van der Waals surface area contributed by atoms with Crippen LogP contribution in [0.5, 0.6) is 0 Å². The molecule has 1 saturated heterocycles. The summed E-state index contributed by atoms with van der Waals surface area (Å²) in [5.41, 5.74) is 0.915. The van der Waals surface area contributed by atoms with Crippen molar-refractivity contribution in [1.82, 2.24) is 9.55 Å². The molecule has 0 spiro atoms. The lowest BCUT2D eigenvalue weighted by atomic mass is 10.1. The van der Waals surface area contributed by atoms with Crippen molar-refractivity contribution in [3.63, 3.8) is 0 Å². The van der Waals surface area contributed by atoms with E-state index in [2.05, 4.69) is 4.98 Å². The zero-order valence-corrected chi connectivity index (χ0v) is 12.9. The molecule has 132 valence electrons. The number of aliphatic hydroxyl groups is 1. The van der Waals surface area contributed by atoms with Crippen molar-refractivity contribution < 1.29 is 34.1 Å². The molecule has 0 aliphatic carbocycles. The Hall–Kier alpha value is -2.50. The summed E-state index contributed by atoms with van der Waals surface area (Å²) in [6, 6.07) is 1.28. The van der Waals surface area contributed by atoms with Gasteiger partial charge in [0.25, 0.3) is 0 Å². The standard InChI is InChI=1S/C13H17N3O8/c1-6(18)22-10-8(5-17)24-12(11(10)23-7(2)19)16-4-3-9(15-21)14-13(16)20/h3-4,8,10-12,17,21H,5H2,1-2H3,(H,14,15,20)/t8?,10-,11-,12?/m1/s1. The van der Waals surface area contributed by atoms with Gasteiger partial charge in [0.15, 0.2) is 24.3 Å². The SMILES string of the molecule is CC(=O)O[C@@H]1C(CO)OC(n2ccc(NO)nc2=O)[C@@H]1OC(C)=O. The Morgan fingerprint density at radius 1 is 1.33 bits per heavy atom. The van der Waals surface area contributed by atoms with E-state index in [1.165, 1.54) is 12.3 Å². The first-order chi connectivity index (χ1) is 11.4. The van der Waals surface area contributed by atoms with Gasteiger partial charge in [0.05, 0.1) is 6.61 Å². The summed E-state index contributed by atoms with van der Waals surface area (Å²) in [4.78, 5) is 38.2. The van der Waals surface area contributed by atoms with Crippen LogP contribution in [-0.4, -0.2) is 56.7 Å². The number of carbonyl (C=O) groups is 2. The summed E-state index contributed by atoms with van der Waals surface area (Å²) in [6.45, 7) is 1.78. The minimum Gasteiger partial charge on any atom is -0.456 e. The highest BCUT2D eigenvalue weighted by Gasteiger charge is 2.50. The summed E-state index contributed by atoms with van der Waals surface area (Å²) in [5, 5.41) is 18.2. The van der Waals surface area contributed by atoms with E-state index in [-0.39, 0.29) is 5.82 Å². The lowest BCUT2D eigenvalue weighted by molar-refractivity contribution is -0.165. The third kappa shape index (κ3) is 3.69. The minimum atomic E-state index is -1.16. The van der Waals surface area contributed by atoms with Crippen molar-refractivity contribution >= 4 is 17.8 Å². The number of anilines is 1. The van der Waals surface area contributed by atoms with Crippen molar-refractivity contribution in [2.45, 2.75) is 38.4 Å². The maximum atomic E-state index is 12.1. The number of ether oxygens (including phenoxy) is 3. The van der Waals surface area contributed by atoms with Gasteiger partial charge >= 0.3 is 17.6 Å². The predicted octanol–water partition coefficient (Wildman–Crippen LogP) is -1.20. The lowest BCUT2D eigenvalue weighted by Crippen LogP contribution is -2.41. The van der Waals surface area contributed by atoms with Crippen molar-refractivity contribution in [3.05, 3.63) is 22.7 Å². The first-order valence-electron chi connectivity index (χ1n) is 6.97. The molecule has 4 atom stereocenters. The van der Waals surface area contributed by atoms with Crippen LogP contribution < -0.4 is 11.2 Å². The van der Waals surface area contributed by atoms with Gasteiger partial charge in [-0.1, -0.05) is 0 Å². The average Bonchev–Trinajstić information content (AvgIpc) is 2.83. The van der Waals surface area contributed by atoms with Crippen LogP contribution in [0.15, 0.2) is 17.1 Å². The molecular formula is C13H17N3O8. The van der Waals surface area contributed by atoms with E-state index in [0.29, 0.717) is 0 Å². The molecule has 2 rings (SSSR count). The largest absolute Gasteiger partial charge is 0.456 e. The van der Waals surface area contributed by atoms with Crippen molar-refractivity contribution in [1.29, 1.82) is 0 Å². The molecule has 1 aliphatic rings. The molecule has 1 aromatic heterocycles. The van der Waals surface area contributed by atoms with E-state index >= 15 is 0 Å². The number of hydrogen-bond acceptors (Lipinski definition) is 10. The Bertz CT molecular complexity index is 675. The number of nitrogens with zero attached hydrogens (tertiary/aromatic N) is 2. The number of hydrogen-bond donors (Lipinski definition) is 3. The fourth-order valence-corrected chi connectivity index (χ4v) is 2.40. The molecule has 11 nitrogen and oxygen atoms in total. The smallest absolute Gasteiger partial charge is 0.351 e. The molecule has 0 saturated carbocycles. The van der Waals surface area contributed by atoms with Crippen LogP contribution in [-0.2, 0) is 23.8 Å². The summed E-state index contributed by atoms with van der Waals surface area (Å²) in [7, 11) is 0. The number of esters is 2. The molecule has 1 aromatic rings. The maximum Gasteiger partial charge on any atom is 0.351 e. The molecule has 24 heavy (non-hydrogen) atoms. The number of nitrogens with one attached hydrogen (secondary N) is 1. The van der Waals surface area contributed by atoms with E-state index in [9.17, 15) is 19.5 Å². The molecule has 0 amide bonds. The van der Waals surface area contributed by atoms with E-state index in [4.69, 9.17) is 19.4 Å². The van der Waals surface area contributed by atoms with Crippen molar-refractivity contribution in [3.8, 4) is 0 Å². The number of rotatable bonds is 5. The molecule has 0 aromatic carbocycles. The highest BCUT2D eigenvalue weighted by Crippen LogP contribution is 2.33. The Labute approximate surface area is 135 Å². The van der Waals surface area contributed by atoms with Gasteiger partial charge in [-0.05, 0) is 6.07 Å². The van der Waals surface area contributed by atoms with E-state index in [0.717, 1.165) is 18.4 Å². The Morgan fingerprint density at radius 3 is 2.46 bits per heavy atom. The van der Waals surface area contributed by atoms with E-state index < -0.39 is 48.8 Å². The summed E-state index contributed by atoms with van der Waals surface area (Å²) >= 11 is 0. The highest BCUT2D eigenvalue weighted by atomic mass is 16.6. The molecular weight excluding hydrogens is 326 g/mol. The molecule has 3 N–H and O–H groups in total. The minimum absolute atomic E-state index is 0.0893. The fraction of sp³-hybridized carbons (Fsp3) is 0.538. The van der Waals surface area contributed by atoms with E-state index in [1.54, 1.807) is 5.48 Å². The topological polar surface area (TPSA) is 149 Å². The third-order valence-electron chi connectivity index (χ3n) is 3.29. The van der Waals surface area contributed by atoms with Gasteiger partial charge in [-0.25, -0.2) is 4.79 Å². The van der Waals surface area contributed by atoms with Gasteiger partial charge < -0.3 is 19.3 Å². The van der Waals surface area contributed by atoms with Crippen LogP contribution in [0.2, 0.25) is 0 Å². The fourth-order valence-electron chi connectivity index (χ4n) is 2.40. The van der Waals surface area contributed by atoms with Gasteiger partial charge in [-0.2, -0.15) is 4.98 Å². The number of aliphatic hydroxyl groups excluding tert-OH is 1. The van der Waals surface area contributed by atoms with Crippen molar-refractivity contribution in [2.24, 2.45) is 0 Å². The molecule has 2 unspecified atom stereocenters. The van der Waals surface area contributed by atoms with Crippen LogP contribution in [0, 0.1) is 0 Å². The molecule has 1 aliphatic heterocycles. The quantitative estimate of drug-likeness (QED) is 0.439. The normalized spacial score (nSPS) is 26.0. The van der Waals surface area contributed by atoms with Crippen molar-refractivity contribution in [2.75, 3.05) is 12.1 Å². The summed E-state index contributed by atoms with van der Waals surface area (Å²) < 4.78 is 16.7. The lowest BCUT2D eigenvalue weighted by Gasteiger charge is -2.23. The van der Waals surface area contributed by atoms with Gasteiger partial charge in [-0.15, -0.1) is 0 Å². The molecule has 11 heteroatoms. The van der Waals surface area contributed by atoms with Gasteiger partial charge in [0, 0.05) is 20.0 Å². The monoisotopic (exact) mass is 343 g/mol. The number of carbonyl (C=O) groups excluding carboxylic acids is 2. The zero-order valence-electron chi connectivity index (χ0n) is 12.9. The second kappa shape index (κ2) is 7.38. The molecule has 1 fully saturated rings. The summed E-state index contributed by atoms with van der Waals surface area (Å²) in [6.07, 6.45) is -3.16. The second-order valence-electron chi connectivity index (χ2n) is 5.01. The van der Waals surface area contributed by atoms with Crippen LogP contribution >= 0.6 is 0 Å². The van der Waals surface area contributed by atoms with Crippen LogP contribution in [0.1, 0.15) is 20.1 Å². The van der Waals surface area contributed by atoms with Gasteiger partial charge in [0.2, 0.25) is 0 Å². The second-order valence-corrected chi connectivity index (χ2v) is 5.01. The van der Waals surface area contributed by atoms with E-state index in [1.807, 2.05) is 0 Å². The zero-order chi connectivity index (χ0) is 17.9. The van der Waals surface area contributed by atoms with Crippen LogP contribution in [0.3, 0.4) is 0 Å². The maximum absolute atomic E-state index is 12.1. The Morgan fingerprint density at radius 2 is 1.96 bits per heavy atom. The first kappa shape index (κ1) is 17.8. The van der Waals surface area contributed by atoms with Crippen LogP contribution in [0.25, 0.3) is 0 Å². The highest BCUT2D eigenvalue weighted by molar-refractivity contribution is 5.67. The van der Waals surface area contributed by atoms with Gasteiger partial charge in [0.1, 0.15) is 6.10 Å². The predicted molar refractivity (Wildman–Crippen MR) is 76.0 cm³/mol. The molecule has 0 bridgehead atoms.